The predicted octanol–water partition coefficient (Wildman–Crippen LogP) is 5.82. The molecule has 0 aliphatic carbocycles. The van der Waals surface area contributed by atoms with Crippen molar-refractivity contribution in [3.8, 4) is 11.3 Å². The van der Waals surface area contributed by atoms with Crippen molar-refractivity contribution >= 4 is 52.5 Å². The van der Waals surface area contributed by atoms with Crippen molar-refractivity contribution in [2.45, 2.75) is 6.92 Å². The van der Waals surface area contributed by atoms with Crippen molar-refractivity contribution in [3.05, 3.63) is 85.6 Å². The zero-order chi connectivity index (χ0) is 22.7. The normalized spacial score (nSPS) is 10.9. The Balaban J connectivity index is 1.78. The van der Waals surface area contributed by atoms with Gasteiger partial charge >= 0.3 is 5.97 Å². The largest absolute Gasteiger partial charge is 0.478 e. The van der Waals surface area contributed by atoms with E-state index >= 15 is 0 Å². The zero-order valence-electron chi connectivity index (χ0n) is 15.9. The van der Waals surface area contributed by atoms with Gasteiger partial charge in [-0.1, -0.05) is 29.3 Å². The van der Waals surface area contributed by atoms with Crippen LogP contribution in [-0.2, 0) is 4.79 Å². The number of nitro groups is 1. The highest BCUT2D eigenvalue weighted by Crippen LogP contribution is 2.32. The first-order valence-corrected chi connectivity index (χ1v) is 9.48. The van der Waals surface area contributed by atoms with E-state index in [1.165, 1.54) is 18.2 Å². The van der Waals surface area contributed by atoms with E-state index in [1.807, 2.05) is 0 Å². The van der Waals surface area contributed by atoms with Gasteiger partial charge in [-0.15, -0.1) is 0 Å². The van der Waals surface area contributed by atoms with Gasteiger partial charge in [0.2, 0.25) is 5.91 Å². The van der Waals surface area contributed by atoms with E-state index in [9.17, 15) is 19.7 Å². The first kappa shape index (κ1) is 22.1. The third kappa shape index (κ3) is 5.11. The highest BCUT2D eigenvalue weighted by Gasteiger charge is 2.18. The first-order chi connectivity index (χ1) is 14.7. The number of aryl methyl sites for hydroxylation is 1. The number of nitrogens with zero attached hydrogens (tertiary/aromatic N) is 1. The molecule has 0 atom stereocenters. The van der Waals surface area contributed by atoms with Crippen molar-refractivity contribution in [3.63, 3.8) is 0 Å². The predicted molar refractivity (Wildman–Crippen MR) is 117 cm³/mol. The van der Waals surface area contributed by atoms with Crippen LogP contribution in [0.1, 0.15) is 21.7 Å². The van der Waals surface area contributed by atoms with Gasteiger partial charge in [0, 0.05) is 12.1 Å². The topological polar surface area (TPSA) is 123 Å². The molecule has 0 bridgehead atoms. The van der Waals surface area contributed by atoms with E-state index < -0.39 is 16.8 Å². The lowest BCUT2D eigenvalue weighted by Gasteiger charge is -2.07. The number of halogens is 2. The van der Waals surface area contributed by atoms with Gasteiger partial charge in [-0.3, -0.25) is 14.9 Å². The molecule has 31 heavy (non-hydrogen) atoms. The minimum absolute atomic E-state index is 0.0562. The summed E-state index contributed by atoms with van der Waals surface area (Å²) in [6, 6.07) is 10.3. The SMILES string of the molecule is Cc1ccc(-c2ccc(/C=C/C(=O)Nc3cc(C(=O)O)c(Cl)cc3Cl)o2)c([N+](=O)[O-])c1. The van der Waals surface area contributed by atoms with Gasteiger partial charge in [0.05, 0.1) is 31.8 Å². The number of nitro benzene ring substituents is 1. The Kier molecular flexibility index (Phi) is 6.43. The van der Waals surface area contributed by atoms with Crippen molar-refractivity contribution in [2.24, 2.45) is 0 Å². The molecule has 0 aliphatic heterocycles. The quantitative estimate of drug-likeness (QED) is 0.271. The summed E-state index contributed by atoms with van der Waals surface area (Å²) >= 11 is 11.8. The van der Waals surface area contributed by atoms with E-state index in [0.29, 0.717) is 5.56 Å². The van der Waals surface area contributed by atoms with Gasteiger partial charge < -0.3 is 14.8 Å². The Labute approximate surface area is 185 Å². The number of anilines is 1. The third-order valence-electron chi connectivity index (χ3n) is 4.19. The van der Waals surface area contributed by atoms with Crippen LogP contribution in [0.5, 0.6) is 0 Å². The fourth-order valence-electron chi connectivity index (χ4n) is 2.73. The Morgan fingerprint density at radius 1 is 1.13 bits per heavy atom. The number of hydrogen-bond donors (Lipinski definition) is 2. The fraction of sp³-hybridized carbons (Fsp3) is 0.0476. The van der Waals surface area contributed by atoms with Crippen LogP contribution in [0.3, 0.4) is 0 Å². The van der Waals surface area contributed by atoms with Crippen LogP contribution >= 0.6 is 23.2 Å². The number of amides is 1. The van der Waals surface area contributed by atoms with Gasteiger partial charge in [0.25, 0.3) is 5.69 Å². The minimum atomic E-state index is -1.26. The molecule has 0 fully saturated rings. The van der Waals surface area contributed by atoms with Crippen LogP contribution in [0.25, 0.3) is 17.4 Å². The standard InChI is InChI=1S/C21H14Cl2N2O6/c1-11-2-5-13(18(8-11)25(29)30)19-6-3-12(31-19)4-7-20(26)24-17-9-14(21(27)28)15(22)10-16(17)23/h2-10H,1H3,(H,24,26)(H,27,28)/b7-4+. The maximum Gasteiger partial charge on any atom is 0.337 e. The van der Waals surface area contributed by atoms with Crippen LogP contribution in [0.15, 0.2) is 53.0 Å². The van der Waals surface area contributed by atoms with Gasteiger partial charge in [-0.05, 0) is 48.9 Å². The molecule has 0 aliphatic rings. The summed E-state index contributed by atoms with van der Waals surface area (Å²) in [6.07, 6.45) is 2.51. The van der Waals surface area contributed by atoms with Gasteiger partial charge in [0.15, 0.2) is 0 Å². The molecule has 1 amide bonds. The van der Waals surface area contributed by atoms with Crippen molar-refractivity contribution in [1.29, 1.82) is 0 Å². The number of benzene rings is 2. The van der Waals surface area contributed by atoms with Crippen LogP contribution in [0, 0.1) is 17.0 Å². The van der Waals surface area contributed by atoms with Crippen LogP contribution < -0.4 is 5.32 Å². The number of aromatic carboxylic acids is 1. The minimum Gasteiger partial charge on any atom is -0.478 e. The maximum absolute atomic E-state index is 12.2. The molecule has 0 radical (unpaired) electrons. The molecule has 2 aromatic carbocycles. The third-order valence-corrected chi connectivity index (χ3v) is 4.81. The molecule has 0 spiro atoms. The molecule has 10 heteroatoms. The molecule has 158 valence electrons. The molecule has 0 saturated carbocycles. The summed E-state index contributed by atoms with van der Waals surface area (Å²) in [4.78, 5) is 34.2. The zero-order valence-corrected chi connectivity index (χ0v) is 17.4. The molecule has 3 aromatic rings. The summed E-state index contributed by atoms with van der Waals surface area (Å²) in [6.45, 7) is 1.75. The first-order valence-electron chi connectivity index (χ1n) is 8.72. The smallest absolute Gasteiger partial charge is 0.337 e. The second kappa shape index (κ2) is 9.03. The number of hydrogen-bond acceptors (Lipinski definition) is 5. The second-order valence-corrected chi connectivity index (χ2v) is 7.23. The number of carboxylic acids is 1. The van der Waals surface area contributed by atoms with E-state index in [2.05, 4.69) is 5.32 Å². The van der Waals surface area contributed by atoms with E-state index in [0.717, 1.165) is 17.7 Å². The highest BCUT2D eigenvalue weighted by atomic mass is 35.5. The van der Waals surface area contributed by atoms with Crippen molar-refractivity contribution in [1.82, 2.24) is 0 Å². The number of carbonyl (C=O) groups excluding carboxylic acids is 1. The van der Waals surface area contributed by atoms with Gasteiger partial charge in [-0.2, -0.15) is 0 Å². The Morgan fingerprint density at radius 2 is 1.87 bits per heavy atom. The second-order valence-electron chi connectivity index (χ2n) is 6.42. The summed E-state index contributed by atoms with van der Waals surface area (Å²) < 4.78 is 5.60. The number of furan rings is 1. The highest BCUT2D eigenvalue weighted by molar-refractivity contribution is 6.38. The Morgan fingerprint density at radius 3 is 2.55 bits per heavy atom. The number of nitrogens with one attached hydrogen (secondary N) is 1. The van der Waals surface area contributed by atoms with Crippen LogP contribution in [-0.4, -0.2) is 21.9 Å². The van der Waals surface area contributed by atoms with Crippen molar-refractivity contribution in [2.75, 3.05) is 5.32 Å². The Bertz CT molecular complexity index is 1230. The molecule has 1 aromatic heterocycles. The Hall–Kier alpha value is -3.62. The molecule has 2 N–H and O–H groups in total. The lowest BCUT2D eigenvalue weighted by molar-refractivity contribution is -0.384. The number of carboxylic acid groups (broad SMARTS) is 1. The van der Waals surface area contributed by atoms with Crippen LogP contribution in [0.2, 0.25) is 10.0 Å². The molecule has 8 nitrogen and oxygen atoms in total. The number of rotatable bonds is 6. The van der Waals surface area contributed by atoms with E-state index in [4.69, 9.17) is 32.7 Å². The summed E-state index contributed by atoms with van der Waals surface area (Å²) in [5.41, 5.74) is 0.836. The molecular weight excluding hydrogens is 447 g/mol. The average molecular weight is 461 g/mol. The maximum atomic E-state index is 12.2. The molecule has 0 unspecified atom stereocenters. The van der Waals surface area contributed by atoms with Crippen molar-refractivity contribution < 1.29 is 24.0 Å². The summed E-state index contributed by atoms with van der Waals surface area (Å²) in [5.74, 6) is -1.30. The summed E-state index contributed by atoms with van der Waals surface area (Å²) in [5, 5.41) is 22.9. The lowest BCUT2D eigenvalue weighted by Crippen LogP contribution is -2.09. The van der Waals surface area contributed by atoms with Gasteiger partial charge in [-0.25, -0.2) is 4.79 Å². The monoisotopic (exact) mass is 460 g/mol. The van der Waals surface area contributed by atoms with E-state index in [-0.39, 0.29) is 38.5 Å². The molecule has 0 saturated heterocycles. The van der Waals surface area contributed by atoms with Gasteiger partial charge in [0.1, 0.15) is 11.5 Å². The summed E-state index contributed by atoms with van der Waals surface area (Å²) in [7, 11) is 0. The fourth-order valence-corrected chi connectivity index (χ4v) is 3.24. The molecule has 1 heterocycles. The average Bonchev–Trinajstić information content (AvgIpc) is 3.17. The van der Waals surface area contributed by atoms with Crippen LogP contribution in [0.4, 0.5) is 11.4 Å². The number of carbonyl (C=O) groups is 2. The lowest BCUT2D eigenvalue weighted by atomic mass is 10.1. The molecular formula is C21H14Cl2N2O6. The molecule has 3 rings (SSSR count). The van der Waals surface area contributed by atoms with E-state index in [1.54, 1.807) is 31.2 Å².